The van der Waals surface area contributed by atoms with Crippen LogP contribution in [0.2, 0.25) is 0 Å². The summed E-state index contributed by atoms with van der Waals surface area (Å²) in [6.07, 6.45) is 3.32. The van der Waals surface area contributed by atoms with Crippen LogP contribution in [-0.2, 0) is 6.54 Å². The van der Waals surface area contributed by atoms with E-state index in [1.54, 1.807) is 35.3 Å². The van der Waals surface area contributed by atoms with Crippen LogP contribution >= 0.6 is 0 Å². The first kappa shape index (κ1) is 15.7. The fourth-order valence-electron chi connectivity index (χ4n) is 2.25. The van der Waals surface area contributed by atoms with E-state index >= 15 is 0 Å². The molecule has 3 rings (SSSR count). The molecular weight excluding hydrogens is 310 g/mol. The Bertz CT molecular complexity index is 849. The molecule has 3 aromatic heterocycles. The van der Waals surface area contributed by atoms with Crippen LogP contribution in [0, 0.1) is 13.8 Å². The number of aromatic nitrogens is 4. The van der Waals surface area contributed by atoms with E-state index in [4.69, 9.17) is 9.26 Å². The highest BCUT2D eigenvalue weighted by molar-refractivity contribution is 6.02. The predicted molar refractivity (Wildman–Crippen MR) is 86.0 cm³/mol. The van der Waals surface area contributed by atoms with E-state index in [-0.39, 0.29) is 11.6 Å². The maximum absolute atomic E-state index is 12.2. The molecule has 0 bridgehead atoms. The number of anilines is 1. The number of nitrogens with one attached hydrogen (secondary N) is 1. The normalized spacial score (nSPS) is 10.6. The van der Waals surface area contributed by atoms with Gasteiger partial charge in [0.05, 0.1) is 31.2 Å². The van der Waals surface area contributed by atoms with Crippen LogP contribution in [0.3, 0.4) is 0 Å². The summed E-state index contributed by atoms with van der Waals surface area (Å²) in [5, 5.41) is 10.9. The van der Waals surface area contributed by atoms with Gasteiger partial charge in [-0.15, -0.1) is 0 Å². The smallest absolute Gasteiger partial charge is 0.274 e. The lowest BCUT2D eigenvalue weighted by molar-refractivity contribution is 0.102. The van der Waals surface area contributed by atoms with Crippen molar-refractivity contribution >= 4 is 11.6 Å². The van der Waals surface area contributed by atoms with Crippen LogP contribution in [0.25, 0.3) is 0 Å². The highest BCUT2D eigenvalue weighted by atomic mass is 16.5. The van der Waals surface area contributed by atoms with Crippen LogP contribution in [0.15, 0.2) is 35.1 Å². The second-order valence-electron chi connectivity index (χ2n) is 5.25. The number of methoxy groups -OCH3 is 1. The van der Waals surface area contributed by atoms with Crippen LogP contribution < -0.4 is 10.1 Å². The average Bonchev–Trinajstić information content (AvgIpc) is 3.16. The second-order valence-corrected chi connectivity index (χ2v) is 5.25. The molecule has 0 saturated carbocycles. The Morgan fingerprint density at radius 1 is 1.38 bits per heavy atom. The minimum absolute atomic E-state index is 0.271. The molecule has 24 heavy (non-hydrogen) atoms. The third-order valence-electron chi connectivity index (χ3n) is 3.56. The number of ether oxygens (including phenoxy) is 1. The molecule has 0 fully saturated rings. The van der Waals surface area contributed by atoms with E-state index in [0.717, 1.165) is 17.0 Å². The number of carbonyl (C=O) groups excluding carboxylic acids is 1. The predicted octanol–water partition coefficient (Wildman–Crippen LogP) is 2.19. The molecule has 0 aliphatic heterocycles. The number of amides is 1. The van der Waals surface area contributed by atoms with Gasteiger partial charge in [-0.3, -0.25) is 9.48 Å². The number of rotatable bonds is 5. The van der Waals surface area contributed by atoms with Gasteiger partial charge >= 0.3 is 0 Å². The number of pyridine rings is 1. The first-order valence-corrected chi connectivity index (χ1v) is 7.33. The fraction of sp³-hybridized carbons (Fsp3) is 0.250. The molecule has 0 saturated heterocycles. The second kappa shape index (κ2) is 6.53. The monoisotopic (exact) mass is 327 g/mol. The van der Waals surface area contributed by atoms with Gasteiger partial charge in [-0.05, 0) is 19.9 Å². The molecule has 0 atom stereocenters. The van der Waals surface area contributed by atoms with Gasteiger partial charge in [0.1, 0.15) is 11.5 Å². The van der Waals surface area contributed by atoms with Crippen molar-refractivity contribution in [1.82, 2.24) is 19.9 Å². The Labute approximate surface area is 138 Å². The Kier molecular flexibility index (Phi) is 4.28. The minimum Gasteiger partial charge on any atom is -0.481 e. The molecule has 0 aliphatic rings. The largest absolute Gasteiger partial charge is 0.481 e. The van der Waals surface area contributed by atoms with Crippen molar-refractivity contribution in [1.29, 1.82) is 0 Å². The first-order chi connectivity index (χ1) is 11.6. The molecule has 1 N–H and O–H groups in total. The van der Waals surface area contributed by atoms with Gasteiger partial charge < -0.3 is 14.6 Å². The van der Waals surface area contributed by atoms with Crippen molar-refractivity contribution in [2.24, 2.45) is 0 Å². The molecular formula is C16H17N5O3. The lowest BCUT2D eigenvalue weighted by Gasteiger charge is -2.04. The zero-order valence-corrected chi connectivity index (χ0v) is 13.6. The van der Waals surface area contributed by atoms with Gasteiger partial charge in [0.15, 0.2) is 0 Å². The summed E-state index contributed by atoms with van der Waals surface area (Å²) in [7, 11) is 1.50. The number of aryl methyl sites for hydroxylation is 2. The Balaban J connectivity index is 1.70. The number of nitrogens with zero attached hydrogens (tertiary/aromatic N) is 4. The first-order valence-electron chi connectivity index (χ1n) is 7.33. The Morgan fingerprint density at radius 2 is 2.21 bits per heavy atom. The third-order valence-corrected chi connectivity index (χ3v) is 3.56. The van der Waals surface area contributed by atoms with Gasteiger partial charge in [0.25, 0.3) is 5.91 Å². The summed E-state index contributed by atoms with van der Waals surface area (Å²) in [5.74, 6) is 0.816. The molecule has 0 aliphatic carbocycles. The van der Waals surface area contributed by atoms with E-state index in [2.05, 4.69) is 20.6 Å². The van der Waals surface area contributed by atoms with Crippen molar-refractivity contribution in [2.45, 2.75) is 20.4 Å². The molecule has 3 heterocycles. The molecule has 8 nitrogen and oxygen atoms in total. The van der Waals surface area contributed by atoms with E-state index in [0.29, 0.717) is 18.1 Å². The van der Waals surface area contributed by atoms with Gasteiger partial charge in [-0.25, -0.2) is 4.98 Å². The van der Waals surface area contributed by atoms with Gasteiger partial charge in [-0.1, -0.05) is 11.2 Å². The number of carbonyl (C=O) groups is 1. The molecule has 0 spiro atoms. The SMILES string of the molecule is COc1cccc(C(=O)Nc2cnn(Cc3c(C)noc3C)c2)n1. The van der Waals surface area contributed by atoms with Crippen molar-refractivity contribution in [2.75, 3.05) is 12.4 Å². The van der Waals surface area contributed by atoms with Crippen molar-refractivity contribution < 1.29 is 14.1 Å². The van der Waals surface area contributed by atoms with Crippen molar-refractivity contribution in [3.63, 3.8) is 0 Å². The maximum atomic E-state index is 12.2. The molecule has 1 amide bonds. The van der Waals surface area contributed by atoms with Crippen LogP contribution in [-0.4, -0.2) is 32.9 Å². The molecule has 124 valence electrons. The van der Waals surface area contributed by atoms with Gasteiger partial charge in [0, 0.05) is 17.8 Å². The van der Waals surface area contributed by atoms with E-state index in [9.17, 15) is 4.79 Å². The highest BCUT2D eigenvalue weighted by Crippen LogP contribution is 2.15. The standard InChI is InChI=1S/C16H17N5O3/c1-10-13(11(2)24-20-10)9-21-8-12(7-17-21)18-16(22)14-5-4-6-15(19-14)23-3/h4-8H,9H2,1-3H3,(H,18,22). The molecule has 3 aromatic rings. The van der Waals surface area contributed by atoms with E-state index < -0.39 is 0 Å². The quantitative estimate of drug-likeness (QED) is 0.772. The van der Waals surface area contributed by atoms with E-state index in [1.807, 2.05) is 13.8 Å². The topological polar surface area (TPSA) is 95.1 Å². The Hall–Kier alpha value is -3.16. The molecule has 0 radical (unpaired) electrons. The lowest BCUT2D eigenvalue weighted by atomic mass is 10.2. The van der Waals surface area contributed by atoms with Crippen molar-refractivity contribution in [3.8, 4) is 5.88 Å². The van der Waals surface area contributed by atoms with Crippen molar-refractivity contribution in [3.05, 3.63) is 53.3 Å². The summed E-state index contributed by atoms with van der Waals surface area (Å²) in [5.41, 5.74) is 2.66. The Morgan fingerprint density at radius 3 is 2.92 bits per heavy atom. The zero-order chi connectivity index (χ0) is 17.1. The summed E-state index contributed by atoms with van der Waals surface area (Å²) < 4.78 is 11.9. The lowest BCUT2D eigenvalue weighted by Crippen LogP contribution is -2.13. The molecule has 8 heteroatoms. The zero-order valence-electron chi connectivity index (χ0n) is 13.6. The summed E-state index contributed by atoms with van der Waals surface area (Å²) in [6.45, 7) is 4.26. The van der Waals surface area contributed by atoms with Crippen LogP contribution in [0.1, 0.15) is 27.5 Å². The number of hydrogen-bond acceptors (Lipinski definition) is 6. The van der Waals surface area contributed by atoms with Gasteiger partial charge in [-0.2, -0.15) is 5.10 Å². The van der Waals surface area contributed by atoms with Gasteiger partial charge in [0.2, 0.25) is 5.88 Å². The van der Waals surface area contributed by atoms with Crippen LogP contribution in [0.5, 0.6) is 5.88 Å². The van der Waals surface area contributed by atoms with E-state index in [1.165, 1.54) is 7.11 Å². The third kappa shape index (κ3) is 3.27. The maximum Gasteiger partial charge on any atom is 0.274 e. The summed E-state index contributed by atoms with van der Waals surface area (Å²) >= 11 is 0. The number of hydrogen-bond donors (Lipinski definition) is 1. The average molecular weight is 327 g/mol. The summed E-state index contributed by atoms with van der Waals surface area (Å²) in [6, 6.07) is 5.01. The summed E-state index contributed by atoms with van der Waals surface area (Å²) in [4.78, 5) is 16.3. The molecule has 0 aromatic carbocycles. The highest BCUT2D eigenvalue weighted by Gasteiger charge is 2.12. The fourth-order valence-corrected chi connectivity index (χ4v) is 2.25. The van der Waals surface area contributed by atoms with Crippen LogP contribution in [0.4, 0.5) is 5.69 Å². The minimum atomic E-state index is -0.328. The molecule has 0 unspecified atom stereocenters.